The largest absolute Gasteiger partial charge is 0.497 e. The summed E-state index contributed by atoms with van der Waals surface area (Å²) in [6, 6.07) is 20.5. The molecule has 1 amide bonds. The lowest BCUT2D eigenvalue weighted by atomic mass is 10.1. The maximum atomic E-state index is 13.0. The van der Waals surface area contributed by atoms with Gasteiger partial charge < -0.3 is 14.8 Å². The van der Waals surface area contributed by atoms with Gasteiger partial charge in [0, 0.05) is 17.3 Å². The van der Waals surface area contributed by atoms with E-state index in [0.29, 0.717) is 23.7 Å². The highest BCUT2D eigenvalue weighted by atomic mass is 16.5. The number of nitrogens with zero attached hydrogens (tertiary/aromatic N) is 2. The van der Waals surface area contributed by atoms with Crippen LogP contribution in [0.4, 0.5) is 5.82 Å². The Morgan fingerprint density at radius 1 is 1.03 bits per heavy atom. The topological polar surface area (TPSA) is 64.9 Å². The Kier molecular flexibility index (Phi) is 6.17. The number of nitrogens with one attached hydrogen (secondary N) is 1. The van der Waals surface area contributed by atoms with E-state index in [1.807, 2.05) is 65.2 Å². The second kappa shape index (κ2) is 9.34. The van der Waals surface area contributed by atoms with Crippen molar-refractivity contribution in [3.8, 4) is 22.8 Å². The van der Waals surface area contributed by atoms with Crippen LogP contribution in [0.3, 0.4) is 0 Å². The average molecular weight is 415 g/mol. The predicted molar refractivity (Wildman–Crippen MR) is 122 cm³/mol. The minimum Gasteiger partial charge on any atom is -0.497 e. The molecule has 158 valence electrons. The number of methoxy groups -OCH3 is 1. The van der Waals surface area contributed by atoms with E-state index in [1.54, 1.807) is 19.2 Å². The number of amides is 1. The molecule has 1 N–H and O–H groups in total. The van der Waals surface area contributed by atoms with Crippen molar-refractivity contribution < 1.29 is 14.3 Å². The van der Waals surface area contributed by atoms with E-state index >= 15 is 0 Å². The SMILES string of the molecule is CCCCOc1ccc(C(=O)Nc2c(-c3cccc(OC)c3)nc3ccccn23)cc1. The number of hydrogen-bond acceptors (Lipinski definition) is 4. The second-order valence-electron chi connectivity index (χ2n) is 7.15. The molecular weight excluding hydrogens is 390 g/mol. The first-order valence-corrected chi connectivity index (χ1v) is 10.4. The van der Waals surface area contributed by atoms with Gasteiger partial charge in [0.1, 0.15) is 28.7 Å². The third kappa shape index (κ3) is 4.53. The zero-order valence-electron chi connectivity index (χ0n) is 17.7. The number of ether oxygens (including phenoxy) is 2. The normalized spacial score (nSPS) is 10.8. The first-order valence-electron chi connectivity index (χ1n) is 10.4. The van der Waals surface area contributed by atoms with Crippen molar-refractivity contribution in [1.29, 1.82) is 0 Å². The van der Waals surface area contributed by atoms with Gasteiger partial charge in [0.2, 0.25) is 0 Å². The van der Waals surface area contributed by atoms with Gasteiger partial charge in [0.15, 0.2) is 0 Å². The van der Waals surface area contributed by atoms with Crippen molar-refractivity contribution in [1.82, 2.24) is 9.38 Å². The summed E-state index contributed by atoms with van der Waals surface area (Å²) in [6.07, 6.45) is 3.96. The molecule has 0 aliphatic carbocycles. The van der Waals surface area contributed by atoms with Crippen molar-refractivity contribution in [2.24, 2.45) is 0 Å². The minimum atomic E-state index is -0.213. The lowest BCUT2D eigenvalue weighted by Gasteiger charge is -2.10. The summed E-state index contributed by atoms with van der Waals surface area (Å²) in [5.74, 6) is 1.88. The number of carbonyl (C=O) groups is 1. The van der Waals surface area contributed by atoms with Crippen LogP contribution < -0.4 is 14.8 Å². The van der Waals surface area contributed by atoms with E-state index < -0.39 is 0 Å². The molecule has 4 aromatic rings. The molecule has 31 heavy (non-hydrogen) atoms. The number of benzene rings is 2. The summed E-state index contributed by atoms with van der Waals surface area (Å²) in [7, 11) is 1.63. The fraction of sp³-hybridized carbons (Fsp3) is 0.200. The molecule has 4 rings (SSSR count). The third-order valence-electron chi connectivity index (χ3n) is 4.99. The number of pyridine rings is 1. The molecule has 0 spiro atoms. The van der Waals surface area contributed by atoms with Gasteiger partial charge in [-0.05, 0) is 55.0 Å². The highest BCUT2D eigenvalue weighted by Gasteiger charge is 2.17. The monoisotopic (exact) mass is 415 g/mol. The minimum absolute atomic E-state index is 0.213. The standard InChI is InChI=1S/C25H25N3O3/c1-3-4-16-31-20-13-11-18(12-14-20)25(29)27-24-23(19-8-7-9-21(17-19)30-2)26-22-10-5-6-15-28(22)24/h5-15,17H,3-4,16H2,1-2H3,(H,27,29). The summed E-state index contributed by atoms with van der Waals surface area (Å²) in [6.45, 7) is 2.80. The fourth-order valence-electron chi connectivity index (χ4n) is 3.30. The first-order chi connectivity index (χ1) is 15.2. The van der Waals surface area contributed by atoms with Crippen LogP contribution in [0, 0.1) is 0 Å². The van der Waals surface area contributed by atoms with Gasteiger partial charge in [-0.2, -0.15) is 0 Å². The molecule has 0 atom stereocenters. The molecular formula is C25H25N3O3. The van der Waals surface area contributed by atoms with Crippen LogP contribution in [0.15, 0.2) is 72.9 Å². The Hall–Kier alpha value is -3.80. The van der Waals surface area contributed by atoms with Crippen molar-refractivity contribution in [2.45, 2.75) is 19.8 Å². The van der Waals surface area contributed by atoms with E-state index in [4.69, 9.17) is 14.5 Å². The van der Waals surface area contributed by atoms with E-state index in [2.05, 4.69) is 12.2 Å². The second-order valence-corrected chi connectivity index (χ2v) is 7.15. The molecule has 6 nitrogen and oxygen atoms in total. The Bertz CT molecular complexity index is 1180. The number of fused-ring (bicyclic) bond motifs is 1. The van der Waals surface area contributed by atoms with E-state index in [9.17, 15) is 4.79 Å². The number of rotatable bonds is 8. The van der Waals surface area contributed by atoms with Gasteiger partial charge in [-0.3, -0.25) is 9.20 Å². The summed E-state index contributed by atoms with van der Waals surface area (Å²) in [5.41, 5.74) is 2.83. The molecule has 0 radical (unpaired) electrons. The number of carbonyl (C=O) groups excluding carboxylic acids is 1. The number of hydrogen-bond donors (Lipinski definition) is 1. The van der Waals surface area contributed by atoms with E-state index in [1.165, 1.54) is 0 Å². The molecule has 0 bridgehead atoms. The molecule has 0 aliphatic heterocycles. The molecule has 2 aromatic carbocycles. The molecule has 0 saturated heterocycles. The van der Waals surface area contributed by atoms with Crippen LogP contribution in [0.25, 0.3) is 16.9 Å². The van der Waals surface area contributed by atoms with E-state index in [0.717, 1.165) is 35.6 Å². The maximum absolute atomic E-state index is 13.0. The van der Waals surface area contributed by atoms with Crippen LogP contribution in [0.2, 0.25) is 0 Å². The van der Waals surface area contributed by atoms with E-state index in [-0.39, 0.29) is 5.91 Å². The summed E-state index contributed by atoms with van der Waals surface area (Å²) < 4.78 is 12.9. The van der Waals surface area contributed by atoms with Gasteiger partial charge in [-0.15, -0.1) is 0 Å². The van der Waals surface area contributed by atoms with Gasteiger partial charge in [-0.1, -0.05) is 31.5 Å². The first kappa shape index (κ1) is 20.5. The Morgan fingerprint density at radius 3 is 2.65 bits per heavy atom. The Labute approximate surface area is 181 Å². The summed E-state index contributed by atoms with van der Waals surface area (Å²) in [5, 5.41) is 3.04. The van der Waals surface area contributed by atoms with Crippen LogP contribution in [0.5, 0.6) is 11.5 Å². The lowest BCUT2D eigenvalue weighted by molar-refractivity contribution is 0.102. The van der Waals surface area contributed by atoms with Crippen molar-refractivity contribution in [3.63, 3.8) is 0 Å². The maximum Gasteiger partial charge on any atom is 0.256 e. The zero-order chi connectivity index (χ0) is 21.6. The summed E-state index contributed by atoms with van der Waals surface area (Å²) in [4.78, 5) is 17.7. The number of unbranched alkanes of at least 4 members (excludes halogenated alkanes) is 1. The molecule has 0 fully saturated rings. The average Bonchev–Trinajstić information content (AvgIpc) is 3.18. The van der Waals surface area contributed by atoms with Crippen molar-refractivity contribution in [3.05, 3.63) is 78.5 Å². The highest BCUT2D eigenvalue weighted by Crippen LogP contribution is 2.31. The third-order valence-corrected chi connectivity index (χ3v) is 4.99. The van der Waals surface area contributed by atoms with Crippen LogP contribution in [0.1, 0.15) is 30.1 Å². The quantitative estimate of drug-likeness (QED) is 0.389. The molecule has 6 heteroatoms. The highest BCUT2D eigenvalue weighted by molar-refractivity contribution is 6.05. The van der Waals surface area contributed by atoms with Crippen LogP contribution >= 0.6 is 0 Å². The van der Waals surface area contributed by atoms with Crippen molar-refractivity contribution in [2.75, 3.05) is 19.0 Å². The molecule has 2 heterocycles. The molecule has 0 unspecified atom stereocenters. The van der Waals surface area contributed by atoms with Gasteiger partial charge in [0.25, 0.3) is 5.91 Å². The van der Waals surface area contributed by atoms with Crippen molar-refractivity contribution >= 4 is 17.4 Å². The van der Waals surface area contributed by atoms with Gasteiger partial charge in [0.05, 0.1) is 13.7 Å². The number of aromatic nitrogens is 2. The number of anilines is 1. The van der Waals surface area contributed by atoms with Crippen LogP contribution in [-0.4, -0.2) is 29.0 Å². The predicted octanol–water partition coefficient (Wildman–Crippen LogP) is 5.44. The smallest absolute Gasteiger partial charge is 0.256 e. The molecule has 2 aromatic heterocycles. The summed E-state index contributed by atoms with van der Waals surface area (Å²) >= 11 is 0. The molecule has 0 aliphatic rings. The molecule has 0 saturated carbocycles. The zero-order valence-corrected chi connectivity index (χ0v) is 17.7. The van der Waals surface area contributed by atoms with Crippen LogP contribution in [-0.2, 0) is 0 Å². The lowest BCUT2D eigenvalue weighted by Crippen LogP contribution is -2.14. The Balaban J connectivity index is 1.63. The fourth-order valence-corrected chi connectivity index (χ4v) is 3.30. The van der Waals surface area contributed by atoms with Gasteiger partial charge in [-0.25, -0.2) is 4.98 Å². The van der Waals surface area contributed by atoms with Gasteiger partial charge >= 0.3 is 0 Å². The Morgan fingerprint density at radius 2 is 1.87 bits per heavy atom. The number of imidazole rings is 1.